The highest BCUT2D eigenvalue weighted by Crippen LogP contribution is 2.19. The lowest BCUT2D eigenvalue weighted by molar-refractivity contribution is 0.537. The summed E-state index contributed by atoms with van der Waals surface area (Å²) in [5.74, 6) is 5.64. The molecule has 1 aromatic heterocycles. The summed E-state index contributed by atoms with van der Waals surface area (Å²) in [6, 6.07) is 14.2. The number of pyridine rings is 1. The maximum Gasteiger partial charge on any atom is 0.0672 e. The molecule has 2 rings (SSSR count). The van der Waals surface area contributed by atoms with Crippen LogP contribution < -0.4 is 11.3 Å². The van der Waals surface area contributed by atoms with Crippen LogP contribution in [0.1, 0.15) is 23.0 Å². The van der Waals surface area contributed by atoms with Gasteiger partial charge in [-0.2, -0.15) is 0 Å². The molecule has 1 unspecified atom stereocenters. The lowest BCUT2D eigenvalue weighted by atomic mass is 10.0. The van der Waals surface area contributed by atoms with Crippen molar-refractivity contribution in [2.75, 3.05) is 0 Å². The average Bonchev–Trinajstić information content (AvgIpc) is 2.36. The molecule has 0 aliphatic carbocycles. The van der Waals surface area contributed by atoms with Crippen molar-refractivity contribution in [1.82, 2.24) is 10.4 Å². The number of halogens is 1. The summed E-state index contributed by atoms with van der Waals surface area (Å²) in [4.78, 5) is 4.51. The van der Waals surface area contributed by atoms with Crippen molar-refractivity contribution < 1.29 is 0 Å². The van der Waals surface area contributed by atoms with Crippen LogP contribution in [0.15, 0.2) is 46.9 Å². The highest BCUT2D eigenvalue weighted by molar-refractivity contribution is 9.10. The van der Waals surface area contributed by atoms with E-state index < -0.39 is 0 Å². The van der Waals surface area contributed by atoms with Crippen LogP contribution in [0.3, 0.4) is 0 Å². The fourth-order valence-electron chi connectivity index (χ4n) is 1.91. The van der Waals surface area contributed by atoms with Crippen LogP contribution in [0, 0.1) is 6.92 Å². The Labute approximate surface area is 116 Å². The van der Waals surface area contributed by atoms with E-state index in [0.717, 1.165) is 22.3 Å². The fourth-order valence-corrected chi connectivity index (χ4v) is 2.35. The molecule has 0 bridgehead atoms. The molecule has 4 heteroatoms. The van der Waals surface area contributed by atoms with E-state index in [1.807, 2.05) is 37.3 Å². The molecule has 0 saturated heterocycles. The van der Waals surface area contributed by atoms with E-state index >= 15 is 0 Å². The number of nitrogens with one attached hydrogen (secondary N) is 1. The SMILES string of the molecule is Cc1cccc(C(Cc2cccc(Br)c2)NN)n1. The number of benzene rings is 1. The van der Waals surface area contributed by atoms with Gasteiger partial charge in [0.25, 0.3) is 0 Å². The minimum absolute atomic E-state index is 0.0270. The van der Waals surface area contributed by atoms with Gasteiger partial charge in [-0.05, 0) is 43.2 Å². The zero-order chi connectivity index (χ0) is 13.0. The van der Waals surface area contributed by atoms with Crippen LogP contribution in [0.4, 0.5) is 0 Å². The molecule has 2 aromatic rings. The van der Waals surface area contributed by atoms with Gasteiger partial charge >= 0.3 is 0 Å². The van der Waals surface area contributed by atoms with E-state index in [0.29, 0.717) is 0 Å². The number of rotatable bonds is 4. The second kappa shape index (κ2) is 6.09. The first-order chi connectivity index (χ1) is 8.69. The molecule has 0 saturated carbocycles. The van der Waals surface area contributed by atoms with Crippen LogP contribution in [0.25, 0.3) is 0 Å². The van der Waals surface area contributed by atoms with E-state index in [2.05, 4.69) is 38.5 Å². The molecule has 3 nitrogen and oxygen atoms in total. The molecule has 1 atom stereocenters. The van der Waals surface area contributed by atoms with Crippen molar-refractivity contribution in [1.29, 1.82) is 0 Å². The standard InChI is InChI=1S/C14H16BrN3/c1-10-4-2-7-13(17-10)14(18-16)9-11-5-3-6-12(15)8-11/h2-8,14,18H,9,16H2,1H3. The third kappa shape index (κ3) is 3.38. The van der Waals surface area contributed by atoms with E-state index in [9.17, 15) is 0 Å². The Bertz CT molecular complexity index is 528. The van der Waals surface area contributed by atoms with Gasteiger partial charge in [0.05, 0.1) is 11.7 Å². The van der Waals surface area contributed by atoms with Crippen LogP contribution in [-0.4, -0.2) is 4.98 Å². The molecule has 0 radical (unpaired) electrons. The lowest BCUT2D eigenvalue weighted by Crippen LogP contribution is -2.30. The predicted octanol–water partition coefficient (Wildman–Crippen LogP) is 2.90. The molecule has 1 heterocycles. The van der Waals surface area contributed by atoms with Crippen LogP contribution >= 0.6 is 15.9 Å². The largest absolute Gasteiger partial charge is 0.271 e. The van der Waals surface area contributed by atoms with Crippen molar-refractivity contribution in [3.63, 3.8) is 0 Å². The topological polar surface area (TPSA) is 50.9 Å². The second-order valence-electron chi connectivity index (χ2n) is 4.26. The predicted molar refractivity (Wildman–Crippen MR) is 76.9 cm³/mol. The monoisotopic (exact) mass is 305 g/mol. The van der Waals surface area contributed by atoms with E-state index in [1.54, 1.807) is 0 Å². The van der Waals surface area contributed by atoms with Crippen molar-refractivity contribution in [3.05, 3.63) is 63.9 Å². The van der Waals surface area contributed by atoms with Gasteiger partial charge in [-0.15, -0.1) is 0 Å². The van der Waals surface area contributed by atoms with E-state index in [-0.39, 0.29) is 6.04 Å². The van der Waals surface area contributed by atoms with Gasteiger partial charge in [0.1, 0.15) is 0 Å². The quantitative estimate of drug-likeness (QED) is 0.674. The maximum absolute atomic E-state index is 5.64. The molecule has 18 heavy (non-hydrogen) atoms. The molecule has 0 aliphatic rings. The molecule has 1 aromatic carbocycles. The molecule has 0 aliphatic heterocycles. The normalized spacial score (nSPS) is 12.4. The summed E-state index contributed by atoms with van der Waals surface area (Å²) >= 11 is 3.47. The Hall–Kier alpha value is -1.23. The van der Waals surface area contributed by atoms with Gasteiger partial charge in [0.2, 0.25) is 0 Å². The van der Waals surface area contributed by atoms with Crippen LogP contribution in [-0.2, 0) is 6.42 Å². The summed E-state index contributed by atoms with van der Waals surface area (Å²) < 4.78 is 1.08. The summed E-state index contributed by atoms with van der Waals surface area (Å²) in [5.41, 5.74) is 6.03. The second-order valence-corrected chi connectivity index (χ2v) is 5.17. The van der Waals surface area contributed by atoms with E-state index in [4.69, 9.17) is 5.84 Å². The Morgan fingerprint density at radius 1 is 1.28 bits per heavy atom. The number of aromatic nitrogens is 1. The molecule has 0 fully saturated rings. The van der Waals surface area contributed by atoms with Crippen molar-refractivity contribution in [2.45, 2.75) is 19.4 Å². The summed E-state index contributed by atoms with van der Waals surface area (Å²) in [6.45, 7) is 1.98. The van der Waals surface area contributed by atoms with Crippen molar-refractivity contribution in [3.8, 4) is 0 Å². The van der Waals surface area contributed by atoms with Crippen LogP contribution in [0.5, 0.6) is 0 Å². The number of hydrazine groups is 1. The third-order valence-corrected chi connectivity index (χ3v) is 3.29. The van der Waals surface area contributed by atoms with Crippen LogP contribution in [0.2, 0.25) is 0 Å². The zero-order valence-corrected chi connectivity index (χ0v) is 11.8. The first kappa shape index (κ1) is 13.2. The molecule has 0 amide bonds. The van der Waals surface area contributed by atoms with Gasteiger partial charge in [-0.3, -0.25) is 16.3 Å². The zero-order valence-electron chi connectivity index (χ0n) is 10.2. The lowest BCUT2D eigenvalue weighted by Gasteiger charge is -2.16. The molecule has 94 valence electrons. The molecular formula is C14H16BrN3. The molecular weight excluding hydrogens is 290 g/mol. The van der Waals surface area contributed by atoms with Gasteiger partial charge in [0.15, 0.2) is 0 Å². The number of hydrogen-bond acceptors (Lipinski definition) is 3. The smallest absolute Gasteiger partial charge is 0.0672 e. The third-order valence-electron chi connectivity index (χ3n) is 2.80. The highest BCUT2D eigenvalue weighted by Gasteiger charge is 2.12. The molecule has 3 N–H and O–H groups in total. The van der Waals surface area contributed by atoms with Crippen molar-refractivity contribution >= 4 is 15.9 Å². The Kier molecular flexibility index (Phi) is 4.47. The average molecular weight is 306 g/mol. The van der Waals surface area contributed by atoms with Gasteiger partial charge in [-0.25, -0.2) is 0 Å². The minimum Gasteiger partial charge on any atom is -0.271 e. The first-order valence-corrected chi connectivity index (χ1v) is 6.62. The fraction of sp³-hybridized carbons (Fsp3) is 0.214. The maximum atomic E-state index is 5.64. The Balaban J connectivity index is 2.19. The number of nitrogens with zero attached hydrogens (tertiary/aromatic N) is 1. The Morgan fingerprint density at radius 2 is 2.06 bits per heavy atom. The van der Waals surface area contributed by atoms with Gasteiger partial charge in [0, 0.05) is 10.2 Å². The minimum atomic E-state index is 0.0270. The van der Waals surface area contributed by atoms with E-state index in [1.165, 1.54) is 5.56 Å². The number of hydrogen-bond donors (Lipinski definition) is 2. The van der Waals surface area contributed by atoms with Gasteiger partial charge in [-0.1, -0.05) is 34.1 Å². The first-order valence-electron chi connectivity index (χ1n) is 5.83. The van der Waals surface area contributed by atoms with Gasteiger partial charge < -0.3 is 0 Å². The summed E-state index contributed by atoms with van der Waals surface area (Å²) in [6.07, 6.45) is 0.812. The number of aryl methyl sites for hydroxylation is 1. The Morgan fingerprint density at radius 3 is 2.72 bits per heavy atom. The summed E-state index contributed by atoms with van der Waals surface area (Å²) in [5, 5.41) is 0. The molecule has 0 spiro atoms. The summed E-state index contributed by atoms with van der Waals surface area (Å²) in [7, 11) is 0. The number of nitrogens with two attached hydrogens (primary N) is 1. The van der Waals surface area contributed by atoms with Crippen molar-refractivity contribution in [2.24, 2.45) is 5.84 Å². The highest BCUT2D eigenvalue weighted by atomic mass is 79.9.